The quantitative estimate of drug-likeness (QED) is 0.634. The lowest BCUT2D eigenvalue weighted by Gasteiger charge is -2.31. The van der Waals surface area contributed by atoms with Gasteiger partial charge in [-0.3, -0.25) is 14.4 Å². The van der Waals surface area contributed by atoms with E-state index in [1.807, 2.05) is 13.8 Å². The zero-order valence-electron chi connectivity index (χ0n) is 18.6. The second kappa shape index (κ2) is 10.2. The summed E-state index contributed by atoms with van der Waals surface area (Å²) in [6.07, 6.45) is 2.90. The largest absolute Gasteiger partial charge is 0.454 e. The fraction of sp³-hybridized carbons (Fsp3) is 0.500. The van der Waals surface area contributed by atoms with Crippen molar-refractivity contribution in [2.24, 2.45) is 5.92 Å². The van der Waals surface area contributed by atoms with Crippen LogP contribution in [0.1, 0.15) is 59.1 Å². The SMILES string of the molecule is CC[C@H](C)NC(=O)CC1CCN(C(=O)c2nnc(C(=O)Nc3ccc4c(c3)OCO4)s2)CC1. The normalized spacial score (nSPS) is 16.4. The van der Waals surface area contributed by atoms with Gasteiger partial charge in [-0.1, -0.05) is 18.3 Å². The lowest BCUT2D eigenvalue weighted by atomic mass is 9.93. The Balaban J connectivity index is 1.28. The van der Waals surface area contributed by atoms with Crippen LogP contribution in [0, 0.1) is 5.92 Å². The third kappa shape index (κ3) is 5.59. The van der Waals surface area contributed by atoms with Gasteiger partial charge in [0.2, 0.25) is 22.7 Å². The summed E-state index contributed by atoms with van der Waals surface area (Å²) in [5.41, 5.74) is 0.534. The summed E-state index contributed by atoms with van der Waals surface area (Å²) in [4.78, 5) is 39.2. The van der Waals surface area contributed by atoms with Gasteiger partial charge in [0.25, 0.3) is 11.8 Å². The molecule has 1 atom stereocenters. The molecule has 0 radical (unpaired) electrons. The predicted molar refractivity (Wildman–Crippen MR) is 122 cm³/mol. The van der Waals surface area contributed by atoms with Gasteiger partial charge in [0.05, 0.1) is 0 Å². The van der Waals surface area contributed by atoms with Crippen molar-refractivity contribution in [3.63, 3.8) is 0 Å². The molecule has 0 aliphatic carbocycles. The van der Waals surface area contributed by atoms with Crippen LogP contribution in [0.25, 0.3) is 0 Å². The Hall–Kier alpha value is -3.21. The van der Waals surface area contributed by atoms with Crippen molar-refractivity contribution in [3.8, 4) is 11.5 Å². The smallest absolute Gasteiger partial charge is 0.286 e. The fourth-order valence-corrected chi connectivity index (χ4v) is 4.44. The average Bonchev–Trinajstić information content (AvgIpc) is 3.48. The van der Waals surface area contributed by atoms with Crippen molar-refractivity contribution < 1.29 is 23.9 Å². The number of nitrogens with one attached hydrogen (secondary N) is 2. The van der Waals surface area contributed by atoms with Gasteiger partial charge in [0.15, 0.2) is 11.5 Å². The fourth-order valence-electron chi connectivity index (χ4n) is 3.73. The van der Waals surface area contributed by atoms with Crippen LogP contribution in [-0.2, 0) is 4.79 Å². The molecule has 176 valence electrons. The number of anilines is 1. The van der Waals surface area contributed by atoms with E-state index in [-0.39, 0.29) is 40.6 Å². The number of aromatic nitrogens is 2. The van der Waals surface area contributed by atoms with Gasteiger partial charge >= 0.3 is 0 Å². The zero-order chi connectivity index (χ0) is 23.4. The summed E-state index contributed by atoms with van der Waals surface area (Å²) in [5.74, 6) is 0.818. The van der Waals surface area contributed by atoms with Crippen LogP contribution < -0.4 is 20.1 Å². The molecule has 1 aromatic carbocycles. The molecule has 11 heteroatoms. The minimum absolute atomic E-state index is 0.0661. The Morgan fingerprint density at radius 3 is 2.64 bits per heavy atom. The van der Waals surface area contributed by atoms with Crippen molar-refractivity contribution in [1.82, 2.24) is 20.4 Å². The topological polar surface area (TPSA) is 123 Å². The van der Waals surface area contributed by atoms with E-state index in [0.29, 0.717) is 36.7 Å². The molecule has 3 heterocycles. The molecule has 1 fully saturated rings. The first-order valence-electron chi connectivity index (χ1n) is 11.1. The molecule has 0 spiro atoms. The van der Waals surface area contributed by atoms with Gasteiger partial charge in [0.1, 0.15) is 0 Å². The first-order chi connectivity index (χ1) is 15.9. The first kappa shape index (κ1) is 23.0. The number of hydrogen-bond donors (Lipinski definition) is 2. The molecule has 10 nitrogen and oxygen atoms in total. The molecule has 0 bridgehead atoms. The highest BCUT2D eigenvalue weighted by molar-refractivity contribution is 7.15. The maximum Gasteiger partial charge on any atom is 0.286 e. The molecule has 1 aromatic heterocycles. The number of carbonyl (C=O) groups excluding carboxylic acids is 3. The summed E-state index contributed by atoms with van der Waals surface area (Å²) in [6, 6.07) is 5.25. The molecule has 2 aliphatic rings. The van der Waals surface area contributed by atoms with Crippen LogP contribution >= 0.6 is 11.3 Å². The number of hydrogen-bond acceptors (Lipinski definition) is 8. The third-order valence-corrected chi connectivity index (χ3v) is 6.74. The highest BCUT2D eigenvalue weighted by Gasteiger charge is 2.28. The van der Waals surface area contributed by atoms with E-state index in [2.05, 4.69) is 20.8 Å². The average molecular weight is 474 g/mol. The number of rotatable bonds is 7. The van der Waals surface area contributed by atoms with Crippen LogP contribution in [0.4, 0.5) is 5.69 Å². The standard InChI is InChI=1S/C22H27N5O5S/c1-3-13(2)23-18(28)10-14-6-8-27(9-7-14)22(30)21-26-25-20(33-21)19(29)24-15-4-5-16-17(11-15)32-12-31-16/h4-5,11,13-14H,3,6-10,12H2,1-2H3,(H,23,28)(H,24,29)/t13-/m0/s1. The van der Waals surface area contributed by atoms with Crippen LogP contribution in [0.15, 0.2) is 18.2 Å². The molecule has 0 unspecified atom stereocenters. The highest BCUT2D eigenvalue weighted by atomic mass is 32.1. The number of carbonyl (C=O) groups is 3. The van der Waals surface area contributed by atoms with Gasteiger partial charge in [-0.05, 0) is 44.2 Å². The number of nitrogens with zero attached hydrogens (tertiary/aromatic N) is 3. The van der Waals surface area contributed by atoms with Gasteiger partial charge in [0, 0.05) is 37.3 Å². The second-order valence-electron chi connectivity index (χ2n) is 8.25. The van der Waals surface area contributed by atoms with Crippen molar-refractivity contribution in [1.29, 1.82) is 0 Å². The van der Waals surface area contributed by atoms with Gasteiger partial charge in [-0.2, -0.15) is 0 Å². The van der Waals surface area contributed by atoms with Crippen LogP contribution in [0.5, 0.6) is 11.5 Å². The van der Waals surface area contributed by atoms with E-state index in [4.69, 9.17) is 9.47 Å². The third-order valence-electron chi connectivity index (χ3n) is 5.83. The van der Waals surface area contributed by atoms with E-state index >= 15 is 0 Å². The monoisotopic (exact) mass is 473 g/mol. The lowest BCUT2D eigenvalue weighted by Crippen LogP contribution is -2.40. The Kier molecular flexibility index (Phi) is 7.07. The van der Waals surface area contributed by atoms with E-state index in [9.17, 15) is 14.4 Å². The van der Waals surface area contributed by atoms with Crippen LogP contribution in [0.2, 0.25) is 0 Å². The molecule has 0 saturated carbocycles. The van der Waals surface area contributed by atoms with Gasteiger partial charge < -0.3 is 25.0 Å². The highest BCUT2D eigenvalue weighted by Crippen LogP contribution is 2.34. The number of likely N-dealkylation sites (tertiary alicyclic amines) is 1. The summed E-state index contributed by atoms with van der Waals surface area (Å²) in [6.45, 7) is 5.29. The molecular weight excluding hydrogens is 446 g/mol. The lowest BCUT2D eigenvalue weighted by molar-refractivity contribution is -0.122. The Morgan fingerprint density at radius 1 is 1.15 bits per heavy atom. The summed E-state index contributed by atoms with van der Waals surface area (Å²) in [7, 11) is 0. The Morgan fingerprint density at radius 2 is 1.88 bits per heavy atom. The first-order valence-corrected chi connectivity index (χ1v) is 11.9. The van der Waals surface area contributed by atoms with Gasteiger partial charge in [-0.25, -0.2) is 0 Å². The van der Waals surface area contributed by atoms with Crippen molar-refractivity contribution >= 4 is 34.7 Å². The molecule has 2 aromatic rings. The molecule has 3 amide bonds. The Labute approximate surface area is 195 Å². The van der Waals surface area contributed by atoms with E-state index in [1.54, 1.807) is 23.1 Å². The van der Waals surface area contributed by atoms with E-state index in [0.717, 1.165) is 30.6 Å². The number of amides is 3. The van der Waals surface area contributed by atoms with Crippen molar-refractivity contribution in [3.05, 3.63) is 28.2 Å². The zero-order valence-corrected chi connectivity index (χ0v) is 19.4. The second-order valence-corrected chi connectivity index (χ2v) is 9.23. The molecule has 2 aliphatic heterocycles. The molecule has 2 N–H and O–H groups in total. The minimum atomic E-state index is -0.448. The molecule has 33 heavy (non-hydrogen) atoms. The van der Waals surface area contributed by atoms with Crippen LogP contribution in [-0.4, -0.2) is 58.7 Å². The summed E-state index contributed by atoms with van der Waals surface area (Å²) in [5, 5.41) is 13.8. The van der Waals surface area contributed by atoms with Crippen molar-refractivity contribution in [2.75, 3.05) is 25.2 Å². The molecular formula is C22H27N5O5S. The van der Waals surface area contributed by atoms with E-state index < -0.39 is 5.91 Å². The molecule has 1 saturated heterocycles. The van der Waals surface area contributed by atoms with Crippen LogP contribution in [0.3, 0.4) is 0 Å². The van der Waals surface area contributed by atoms with Gasteiger partial charge in [-0.15, -0.1) is 10.2 Å². The molecule has 4 rings (SSSR count). The summed E-state index contributed by atoms with van der Waals surface area (Å²) < 4.78 is 10.6. The maximum atomic E-state index is 12.8. The number of fused-ring (bicyclic) bond motifs is 1. The maximum absolute atomic E-state index is 12.8. The van der Waals surface area contributed by atoms with Crippen molar-refractivity contribution in [2.45, 2.75) is 45.6 Å². The number of ether oxygens (including phenoxy) is 2. The van der Waals surface area contributed by atoms with E-state index in [1.165, 1.54) is 0 Å². The summed E-state index contributed by atoms with van der Waals surface area (Å²) >= 11 is 0.963. The number of piperidine rings is 1. The minimum Gasteiger partial charge on any atom is -0.454 e. The number of benzene rings is 1. The predicted octanol–water partition coefficient (Wildman–Crippen LogP) is 2.68. The Bertz CT molecular complexity index is 1030.